The zero-order valence-electron chi connectivity index (χ0n) is 35.6. The highest BCUT2D eigenvalue weighted by Crippen LogP contribution is 2.38. The lowest BCUT2D eigenvalue weighted by atomic mass is 9.99. The van der Waals surface area contributed by atoms with E-state index >= 15 is 0 Å². The zero-order valence-corrected chi connectivity index (χ0v) is 35.6. The molecule has 66 heavy (non-hydrogen) atoms. The molecule has 0 aliphatic carbocycles. The summed E-state index contributed by atoms with van der Waals surface area (Å²) in [6.45, 7) is 0. The van der Waals surface area contributed by atoms with Gasteiger partial charge in [0.15, 0.2) is 17.5 Å². The van der Waals surface area contributed by atoms with Crippen LogP contribution in [-0.2, 0) is 0 Å². The average molecular weight is 846 g/mol. The van der Waals surface area contributed by atoms with Crippen LogP contribution in [0, 0.1) is 0 Å². The molecule has 0 unspecified atom stereocenters. The van der Waals surface area contributed by atoms with E-state index in [-0.39, 0.29) is 0 Å². The van der Waals surface area contributed by atoms with Crippen LogP contribution in [0.5, 0.6) is 0 Å². The normalized spacial score (nSPS) is 11.3. The summed E-state index contributed by atoms with van der Waals surface area (Å²) in [4.78, 5) is 25.9. The Kier molecular flexibility index (Phi) is 9.69. The van der Waals surface area contributed by atoms with E-state index in [4.69, 9.17) is 24.9 Å². The van der Waals surface area contributed by atoms with E-state index in [1.165, 1.54) is 11.1 Å². The fraction of sp³-hybridized carbons (Fsp3) is 0. The average Bonchev–Trinajstić information content (AvgIpc) is 3.99. The lowest BCUT2D eigenvalue weighted by Crippen LogP contribution is -2.01. The Morgan fingerprint density at radius 3 is 0.970 bits per heavy atom. The van der Waals surface area contributed by atoms with Crippen molar-refractivity contribution < 1.29 is 0 Å². The van der Waals surface area contributed by atoms with Gasteiger partial charge in [0.25, 0.3) is 0 Å². The fourth-order valence-electron chi connectivity index (χ4n) is 8.81. The molecule has 0 radical (unpaired) electrons. The Morgan fingerprint density at radius 1 is 0.227 bits per heavy atom. The van der Waals surface area contributed by atoms with E-state index in [0.717, 1.165) is 84.1 Å². The van der Waals surface area contributed by atoms with Crippen molar-refractivity contribution in [2.75, 3.05) is 0 Å². The quantitative estimate of drug-likeness (QED) is 0.145. The van der Waals surface area contributed by atoms with E-state index in [1.807, 2.05) is 78.9 Å². The van der Waals surface area contributed by atoms with Gasteiger partial charge in [-0.15, -0.1) is 0 Å². The molecule has 12 aromatic rings. The third-order valence-electron chi connectivity index (χ3n) is 12.0. The van der Waals surface area contributed by atoms with Gasteiger partial charge in [0.05, 0.1) is 22.8 Å². The van der Waals surface area contributed by atoms with Crippen LogP contribution >= 0.6 is 0 Å². The van der Waals surface area contributed by atoms with Crippen molar-refractivity contribution in [3.05, 3.63) is 237 Å². The summed E-state index contributed by atoms with van der Waals surface area (Å²) in [5, 5.41) is 0. The maximum atomic E-state index is 5.24. The molecule has 0 spiro atoms. The summed E-state index contributed by atoms with van der Waals surface area (Å²) < 4.78 is 4.32. The molecule has 0 aliphatic rings. The minimum absolute atomic E-state index is 0.572. The molecule has 0 amide bonds. The van der Waals surface area contributed by atoms with Crippen LogP contribution in [0.4, 0.5) is 0 Å². The Hall–Kier alpha value is -9.07. The van der Waals surface area contributed by atoms with Gasteiger partial charge in [-0.25, -0.2) is 24.9 Å². The third-order valence-corrected chi connectivity index (χ3v) is 12.0. The molecule has 0 atom stereocenters. The van der Waals surface area contributed by atoms with Gasteiger partial charge in [0, 0.05) is 51.3 Å². The summed E-state index contributed by atoms with van der Waals surface area (Å²) in [6.07, 6.45) is 4.14. The maximum Gasteiger partial charge on any atom is 0.164 e. The number of hydrogen-bond acceptors (Lipinski definition) is 5. The third kappa shape index (κ3) is 7.20. The van der Waals surface area contributed by atoms with Gasteiger partial charge in [-0.1, -0.05) is 188 Å². The van der Waals surface area contributed by atoms with Crippen molar-refractivity contribution in [3.63, 3.8) is 0 Å². The Morgan fingerprint density at radius 2 is 0.545 bits per heavy atom. The van der Waals surface area contributed by atoms with Gasteiger partial charge >= 0.3 is 0 Å². The Balaban J connectivity index is 0.964. The largest absolute Gasteiger partial charge is 0.299 e. The Bertz CT molecular complexity index is 3450. The van der Waals surface area contributed by atoms with E-state index in [2.05, 4.69) is 167 Å². The number of imidazole rings is 2. The molecule has 0 saturated heterocycles. The second kappa shape index (κ2) is 16.6. The zero-order chi connectivity index (χ0) is 43.8. The SMILES string of the molecule is c1ccc(-c2ccc(-c3nc4ccccn4c3-c3cccc(-c4nc(-c5ccccc5)nc(-c5cccc(-c6c(-c7ccc(-c8ccccc8)cc7)nc7ccccn67)c5)n4)c3)cc2)cc1. The number of rotatable bonds is 9. The number of hydrogen-bond donors (Lipinski definition) is 0. The lowest BCUT2D eigenvalue weighted by Gasteiger charge is -2.12. The van der Waals surface area contributed by atoms with E-state index in [9.17, 15) is 0 Å². The molecule has 0 N–H and O–H groups in total. The van der Waals surface area contributed by atoms with Crippen LogP contribution in [-0.4, -0.2) is 33.7 Å². The standard InChI is InChI=1S/C59H39N7/c1-4-16-40(17-5-1)42-28-32-44(33-29-42)53-55(65-36-12-10-26-51(65)60-53)47-22-14-24-49(38-47)58-62-57(46-20-8-3-9-21-46)63-59(64-58)50-25-15-23-48(39-50)56-54(61-52-27-11-13-37-66(52)56)45-34-30-43(31-35-45)41-18-6-2-7-19-41/h1-39H. The summed E-state index contributed by atoms with van der Waals surface area (Å²) in [7, 11) is 0. The number of aromatic nitrogens is 7. The van der Waals surface area contributed by atoms with Crippen molar-refractivity contribution in [3.8, 4) is 101 Å². The van der Waals surface area contributed by atoms with Crippen LogP contribution in [0.25, 0.3) is 113 Å². The molecule has 0 bridgehead atoms. The smallest absolute Gasteiger partial charge is 0.164 e. The molecule has 0 saturated carbocycles. The first kappa shape index (κ1) is 38.6. The summed E-state index contributed by atoms with van der Waals surface area (Å²) in [5.41, 5.74) is 16.9. The highest BCUT2D eigenvalue weighted by atomic mass is 15.0. The number of benzene rings is 7. The molecular formula is C59H39N7. The summed E-state index contributed by atoms with van der Waals surface area (Å²) in [6, 6.07) is 77.4. The molecule has 5 heterocycles. The van der Waals surface area contributed by atoms with E-state index < -0.39 is 0 Å². The van der Waals surface area contributed by atoms with Gasteiger partial charge in [0.2, 0.25) is 0 Å². The predicted molar refractivity (Wildman–Crippen MR) is 266 cm³/mol. The van der Waals surface area contributed by atoms with Gasteiger partial charge in [-0.3, -0.25) is 8.80 Å². The van der Waals surface area contributed by atoms with E-state index in [0.29, 0.717) is 17.5 Å². The van der Waals surface area contributed by atoms with Crippen molar-refractivity contribution in [2.45, 2.75) is 0 Å². The Labute approximate surface area is 381 Å². The van der Waals surface area contributed by atoms with Crippen LogP contribution in [0.1, 0.15) is 0 Å². The van der Waals surface area contributed by atoms with Gasteiger partial charge < -0.3 is 0 Å². The van der Waals surface area contributed by atoms with Crippen molar-refractivity contribution in [1.82, 2.24) is 33.7 Å². The van der Waals surface area contributed by atoms with Crippen molar-refractivity contribution in [1.29, 1.82) is 0 Å². The van der Waals surface area contributed by atoms with Gasteiger partial charge in [0.1, 0.15) is 11.3 Å². The minimum atomic E-state index is 0.572. The monoisotopic (exact) mass is 845 g/mol. The first-order chi connectivity index (χ1) is 32.7. The molecule has 0 aliphatic heterocycles. The van der Waals surface area contributed by atoms with Gasteiger partial charge in [-0.2, -0.15) is 0 Å². The molecule has 7 heteroatoms. The summed E-state index contributed by atoms with van der Waals surface area (Å²) >= 11 is 0. The molecule has 12 rings (SSSR count). The van der Waals surface area contributed by atoms with Crippen LogP contribution in [0.3, 0.4) is 0 Å². The van der Waals surface area contributed by atoms with Crippen LogP contribution < -0.4 is 0 Å². The van der Waals surface area contributed by atoms with Crippen molar-refractivity contribution in [2.24, 2.45) is 0 Å². The minimum Gasteiger partial charge on any atom is -0.299 e. The molecular weight excluding hydrogens is 807 g/mol. The topological polar surface area (TPSA) is 73.3 Å². The van der Waals surface area contributed by atoms with E-state index in [1.54, 1.807) is 0 Å². The summed E-state index contributed by atoms with van der Waals surface area (Å²) in [5.74, 6) is 1.74. The number of pyridine rings is 2. The molecule has 7 aromatic carbocycles. The molecule has 0 fully saturated rings. The number of fused-ring (bicyclic) bond motifs is 2. The highest BCUT2D eigenvalue weighted by molar-refractivity contribution is 5.86. The maximum absolute atomic E-state index is 5.24. The molecule has 7 nitrogen and oxygen atoms in total. The van der Waals surface area contributed by atoms with Crippen LogP contribution in [0.15, 0.2) is 237 Å². The number of nitrogens with zero attached hydrogens (tertiary/aromatic N) is 7. The molecule has 310 valence electrons. The van der Waals surface area contributed by atoms with Gasteiger partial charge in [-0.05, 0) is 58.7 Å². The predicted octanol–water partition coefficient (Wildman–Crippen LogP) is 14.2. The second-order valence-electron chi connectivity index (χ2n) is 16.2. The van der Waals surface area contributed by atoms with Crippen molar-refractivity contribution >= 4 is 11.3 Å². The lowest BCUT2D eigenvalue weighted by molar-refractivity contribution is 1.07. The van der Waals surface area contributed by atoms with Crippen LogP contribution in [0.2, 0.25) is 0 Å². The first-order valence-electron chi connectivity index (χ1n) is 22.0. The highest BCUT2D eigenvalue weighted by Gasteiger charge is 2.21. The fourth-order valence-corrected chi connectivity index (χ4v) is 8.81. The second-order valence-corrected chi connectivity index (χ2v) is 16.2. The molecule has 5 aromatic heterocycles. The first-order valence-corrected chi connectivity index (χ1v) is 22.0.